The van der Waals surface area contributed by atoms with Crippen molar-refractivity contribution in [3.63, 3.8) is 0 Å². The molecule has 0 radical (unpaired) electrons. The molecule has 1 fully saturated rings. The van der Waals surface area contributed by atoms with Gasteiger partial charge in [-0.25, -0.2) is 0 Å². The maximum absolute atomic E-state index is 9.10. The molecule has 0 aliphatic carbocycles. The van der Waals surface area contributed by atoms with Gasteiger partial charge in [0.15, 0.2) is 0 Å². The smallest absolute Gasteiger partial charge is 0.0707 e. The van der Waals surface area contributed by atoms with E-state index in [-0.39, 0.29) is 17.6 Å². The van der Waals surface area contributed by atoms with Gasteiger partial charge in [0.1, 0.15) is 0 Å². The van der Waals surface area contributed by atoms with Gasteiger partial charge >= 0.3 is 0 Å². The van der Waals surface area contributed by atoms with Crippen molar-refractivity contribution in [1.82, 2.24) is 5.32 Å². The van der Waals surface area contributed by atoms with Crippen LogP contribution in [0.15, 0.2) is 0 Å². The van der Waals surface area contributed by atoms with Crippen molar-refractivity contribution in [1.29, 1.82) is 0 Å². The standard InChI is InChI=1S/C14H29NO2/c1-13(2,3)12(7-9-16)15-10-11-6-8-14(4,5)17-11/h11-12,15-16H,6-10H2,1-5H3. The van der Waals surface area contributed by atoms with Crippen LogP contribution < -0.4 is 5.32 Å². The molecular weight excluding hydrogens is 214 g/mol. The Hall–Kier alpha value is -0.120. The second kappa shape index (κ2) is 5.68. The van der Waals surface area contributed by atoms with E-state index in [4.69, 9.17) is 9.84 Å². The van der Waals surface area contributed by atoms with Gasteiger partial charge in [0.25, 0.3) is 0 Å². The molecule has 1 rings (SSSR count). The fraction of sp³-hybridized carbons (Fsp3) is 1.00. The first-order chi connectivity index (χ1) is 7.74. The van der Waals surface area contributed by atoms with E-state index in [0.717, 1.165) is 25.8 Å². The Morgan fingerprint density at radius 1 is 1.41 bits per heavy atom. The molecule has 0 aromatic rings. The van der Waals surface area contributed by atoms with Crippen molar-refractivity contribution in [3.05, 3.63) is 0 Å². The molecule has 0 bridgehead atoms. The molecule has 1 aliphatic heterocycles. The molecule has 1 saturated heterocycles. The SMILES string of the molecule is CC1(C)CCC(CNC(CCO)C(C)(C)C)O1. The summed E-state index contributed by atoms with van der Waals surface area (Å²) in [6.45, 7) is 12.1. The summed E-state index contributed by atoms with van der Waals surface area (Å²) in [5, 5.41) is 12.7. The Balaban J connectivity index is 2.37. The van der Waals surface area contributed by atoms with Crippen LogP contribution in [0.2, 0.25) is 0 Å². The molecule has 0 amide bonds. The van der Waals surface area contributed by atoms with Crippen molar-refractivity contribution < 1.29 is 9.84 Å². The van der Waals surface area contributed by atoms with Crippen molar-refractivity contribution in [2.45, 2.75) is 71.6 Å². The van der Waals surface area contributed by atoms with Gasteiger partial charge in [-0.2, -0.15) is 0 Å². The van der Waals surface area contributed by atoms with Crippen LogP contribution in [0, 0.1) is 5.41 Å². The third-order valence-electron chi connectivity index (χ3n) is 3.61. The van der Waals surface area contributed by atoms with Crippen LogP contribution in [-0.4, -0.2) is 36.0 Å². The Labute approximate surface area is 106 Å². The monoisotopic (exact) mass is 243 g/mol. The van der Waals surface area contributed by atoms with Crippen molar-refractivity contribution in [3.8, 4) is 0 Å². The molecule has 1 aliphatic rings. The summed E-state index contributed by atoms with van der Waals surface area (Å²) < 4.78 is 5.96. The average Bonchev–Trinajstić information content (AvgIpc) is 2.51. The number of aliphatic hydroxyl groups is 1. The topological polar surface area (TPSA) is 41.5 Å². The van der Waals surface area contributed by atoms with Gasteiger partial charge in [0.05, 0.1) is 11.7 Å². The molecule has 0 aromatic carbocycles. The first-order valence-corrected chi connectivity index (χ1v) is 6.77. The highest BCUT2D eigenvalue weighted by molar-refractivity contribution is 4.85. The molecular formula is C14H29NO2. The van der Waals surface area contributed by atoms with Crippen molar-refractivity contribution in [2.24, 2.45) is 5.41 Å². The lowest BCUT2D eigenvalue weighted by molar-refractivity contribution is -0.0169. The quantitative estimate of drug-likeness (QED) is 0.778. The Morgan fingerprint density at radius 3 is 2.47 bits per heavy atom. The highest BCUT2D eigenvalue weighted by Gasteiger charge is 2.32. The fourth-order valence-corrected chi connectivity index (χ4v) is 2.47. The minimum Gasteiger partial charge on any atom is -0.396 e. The lowest BCUT2D eigenvalue weighted by atomic mass is 9.85. The predicted molar refractivity (Wildman–Crippen MR) is 71.1 cm³/mol. The van der Waals surface area contributed by atoms with Crippen molar-refractivity contribution >= 4 is 0 Å². The van der Waals surface area contributed by atoms with Crippen LogP contribution in [0.25, 0.3) is 0 Å². The molecule has 0 saturated carbocycles. The molecule has 2 N–H and O–H groups in total. The Bertz CT molecular complexity index is 233. The molecule has 17 heavy (non-hydrogen) atoms. The highest BCUT2D eigenvalue weighted by Crippen LogP contribution is 2.29. The zero-order chi connectivity index (χ0) is 13.1. The molecule has 3 nitrogen and oxygen atoms in total. The van der Waals surface area contributed by atoms with E-state index in [9.17, 15) is 0 Å². The first kappa shape index (κ1) is 14.9. The molecule has 2 atom stereocenters. The summed E-state index contributed by atoms with van der Waals surface area (Å²) in [5.74, 6) is 0. The van der Waals surface area contributed by atoms with Crippen LogP contribution in [-0.2, 0) is 4.74 Å². The summed E-state index contributed by atoms with van der Waals surface area (Å²) in [4.78, 5) is 0. The predicted octanol–water partition coefficient (Wildman–Crippen LogP) is 2.33. The Morgan fingerprint density at radius 2 is 2.06 bits per heavy atom. The van der Waals surface area contributed by atoms with Gasteiger partial charge in [-0.1, -0.05) is 20.8 Å². The number of rotatable bonds is 5. The molecule has 2 unspecified atom stereocenters. The summed E-state index contributed by atoms with van der Waals surface area (Å²) in [6, 6.07) is 0.347. The Kier molecular flexibility index (Phi) is 4.99. The fourth-order valence-electron chi connectivity index (χ4n) is 2.47. The van der Waals surface area contributed by atoms with Gasteiger partial charge in [0.2, 0.25) is 0 Å². The van der Waals surface area contributed by atoms with Gasteiger partial charge in [-0.15, -0.1) is 0 Å². The lowest BCUT2D eigenvalue weighted by Gasteiger charge is -2.32. The molecule has 0 spiro atoms. The van der Waals surface area contributed by atoms with E-state index >= 15 is 0 Å². The normalized spacial score (nSPS) is 26.1. The summed E-state index contributed by atoms with van der Waals surface area (Å²) in [7, 11) is 0. The minimum absolute atomic E-state index is 0.0422. The van der Waals surface area contributed by atoms with E-state index in [1.807, 2.05) is 0 Å². The van der Waals surface area contributed by atoms with Crippen LogP contribution in [0.5, 0.6) is 0 Å². The summed E-state index contributed by atoms with van der Waals surface area (Å²) in [6.07, 6.45) is 3.41. The van der Waals surface area contributed by atoms with E-state index in [0.29, 0.717) is 12.1 Å². The maximum atomic E-state index is 9.10. The third-order valence-corrected chi connectivity index (χ3v) is 3.61. The van der Waals surface area contributed by atoms with E-state index < -0.39 is 0 Å². The first-order valence-electron chi connectivity index (χ1n) is 6.77. The van der Waals surface area contributed by atoms with E-state index in [1.165, 1.54) is 0 Å². The van der Waals surface area contributed by atoms with Crippen molar-refractivity contribution in [2.75, 3.05) is 13.2 Å². The zero-order valence-corrected chi connectivity index (χ0v) is 12.0. The van der Waals surface area contributed by atoms with Gasteiger partial charge in [-0.05, 0) is 38.5 Å². The minimum atomic E-state index is 0.0422. The number of nitrogens with one attached hydrogen (secondary N) is 1. The molecule has 3 heteroatoms. The van der Waals surface area contributed by atoms with Crippen LogP contribution in [0.3, 0.4) is 0 Å². The largest absolute Gasteiger partial charge is 0.396 e. The van der Waals surface area contributed by atoms with Gasteiger partial charge < -0.3 is 15.2 Å². The lowest BCUT2D eigenvalue weighted by Crippen LogP contribution is -2.44. The number of aliphatic hydroxyl groups excluding tert-OH is 1. The molecule has 0 aromatic heterocycles. The molecule has 1 heterocycles. The second-order valence-corrected chi connectivity index (χ2v) is 6.88. The van der Waals surface area contributed by atoms with Crippen LogP contribution in [0.1, 0.15) is 53.9 Å². The average molecular weight is 243 g/mol. The highest BCUT2D eigenvalue weighted by atomic mass is 16.5. The number of ether oxygens (including phenoxy) is 1. The van der Waals surface area contributed by atoms with Gasteiger partial charge in [0, 0.05) is 19.2 Å². The third kappa shape index (κ3) is 4.94. The van der Waals surface area contributed by atoms with E-state index in [2.05, 4.69) is 39.9 Å². The number of hydrogen-bond acceptors (Lipinski definition) is 3. The molecule has 102 valence electrons. The number of hydrogen-bond donors (Lipinski definition) is 2. The maximum Gasteiger partial charge on any atom is 0.0707 e. The van der Waals surface area contributed by atoms with Gasteiger partial charge in [-0.3, -0.25) is 0 Å². The second-order valence-electron chi connectivity index (χ2n) is 6.88. The zero-order valence-electron chi connectivity index (χ0n) is 12.0. The van der Waals surface area contributed by atoms with Crippen LogP contribution >= 0.6 is 0 Å². The summed E-state index contributed by atoms with van der Waals surface area (Å²) >= 11 is 0. The summed E-state index contributed by atoms with van der Waals surface area (Å²) in [5.41, 5.74) is 0.220. The van der Waals surface area contributed by atoms with Crippen LogP contribution in [0.4, 0.5) is 0 Å². The van der Waals surface area contributed by atoms with E-state index in [1.54, 1.807) is 0 Å².